The number of nitrogens with zero attached hydrogens (tertiary/aromatic N) is 3. The molecular formula is C17H11F2N3. The van der Waals surface area contributed by atoms with Crippen LogP contribution in [-0.2, 0) is 7.05 Å². The molecule has 0 spiro atoms. The van der Waals surface area contributed by atoms with Crippen LogP contribution >= 0.6 is 0 Å². The number of aryl methyl sites for hydroxylation is 1. The number of aromatic nitrogens is 3. The van der Waals surface area contributed by atoms with Crippen LogP contribution in [0.5, 0.6) is 0 Å². The van der Waals surface area contributed by atoms with E-state index in [4.69, 9.17) is 0 Å². The molecule has 0 amide bonds. The van der Waals surface area contributed by atoms with Crippen molar-refractivity contribution in [3.05, 3.63) is 60.7 Å². The number of benzene rings is 1. The Labute approximate surface area is 124 Å². The van der Waals surface area contributed by atoms with Gasteiger partial charge in [-0.15, -0.1) is 0 Å². The zero-order valence-electron chi connectivity index (χ0n) is 11.7. The lowest BCUT2D eigenvalue weighted by atomic mass is 10.0. The van der Waals surface area contributed by atoms with Crippen molar-refractivity contribution in [2.75, 3.05) is 0 Å². The maximum absolute atomic E-state index is 14.6. The normalized spacial score (nSPS) is 11.4. The van der Waals surface area contributed by atoms with Crippen LogP contribution in [0.3, 0.4) is 0 Å². The van der Waals surface area contributed by atoms with Gasteiger partial charge in [-0.3, -0.25) is 4.98 Å². The maximum Gasteiger partial charge on any atom is 0.212 e. The van der Waals surface area contributed by atoms with Crippen molar-refractivity contribution in [2.24, 2.45) is 7.05 Å². The first kappa shape index (κ1) is 12.9. The van der Waals surface area contributed by atoms with E-state index in [0.717, 1.165) is 16.4 Å². The summed E-state index contributed by atoms with van der Waals surface area (Å²) in [7, 11) is 1.89. The van der Waals surface area contributed by atoms with Crippen molar-refractivity contribution in [1.29, 1.82) is 0 Å². The molecule has 0 radical (unpaired) electrons. The molecule has 0 aliphatic carbocycles. The van der Waals surface area contributed by atoms with Crippen molar-refractivity contribution < 1.29 is 8.78 Å². The van der Waals surface area contributed by atoms with E-state index in [9.17, 15) is 8.78 Å². The molecule has 0 atom stereocenters. The molecule has 4 aromatic rings. The molecule has 0 N–H and O–H groups in total. The third kappa shape index (κ3) is 1.79. The minimum atomic E-state index is -0.555. The van der Waals surface area contributed by atoms with Crippen molar-refractivity contribution >= 4 is 21.8 Å². The molecule has 0 unspecified atom stereocenters. The smallest absolute Gasteiger partial charge is 0.212 e. The molecule has 0 aliphatic rings. The summed E-state index contributed by atoms with van der Waals surface area (Å²) >= 11 is 0. The number of fused-ring (bicyclic) bond motifs is 3. The second kappa shape index (κ2) is 4.59. The van der Waals surface area contributed by atoms with Gasteiger partial charge in [0.25, 0.3) is 0 Å². The van der Waals surface area contributed by atoms with Crippen LogP contribution in [0.25, 0.3) is 32.9 Å². The molecule has 1 aromatic carbocycles. The minimum absolute atomic E-state index is 0.324. The molecule has 108 valence electrons. The summed E-state index contributed by atoms with van der Waals surface area (Å²) in [6.45, 7) is 0. The second-order valence-electron chi connectivity index (χ2n) is 5.17. The Kier molecular flexibility index (Phi) is 2.69. The van der Waals surface area contributed by atoms with Crippen molar-refractivity contribution in [2.45, 2.75) is 0 Å². The largest absolute Gasteiger partial charge is 0.343 e. The number of hydrogen-bond acceptors (Lipinski definition) is 2. The van der Waals surface area contributed by atoms with E-state index >= 15 is 0 Å². The summed E-state index contributed by atoms with van der Waals surface area (Å²) in [5, 5.41) is 1.32. The highest BCUT2D eigenvalue weighted by molar-refractivity contribution is 6.08. The highest BCUT2D eigenvalue weighted by Gasteiger charge is 2.14. The summed E-state index contributed by atoms with van der Waals surface area (Å²) < 4.78 is 29.5. The average molecular weight is 295 g/mol. The molecule has 0 bridgehead atoms. The van der Waals surface area contributed by atoms with E-state index in [2.05, 4.69) is 9.97 Å². The van der Waals surface area contributed by atoms with Crippen LogP contribution < -0.4 is 0 Å². The zero-order chi connectivity index (χ0) is 15.3. The highest BCUT2D eigenvalue weighted by Crippen LogP contribution is 2.33. The van der Waals surface area contributed by atoms with Crippen LogP contribution in [-0.4, -0.2) is 14.5 Å². The van der Waals surface area contributed by atoms with E-state index in [1.807, 2.05) is 23.7 Å². The molecule has 3 aromatic heterocycles. The van der Waals surface area contributed by atoms with Crippen LogP contribution in [0.15, 0.2) is 48.9 Å². The Morgan fingerprint density at radius 3 is 2.59 bits per heavy atom. The highest BCUT2D eigenvalue weighted by atomic mass is 19.1. The summed E-state index contributed by atoms with van der Waals surface area (Å²) in [5.74, 6) is -0.878. The number of pyridine rings is 2. The SMILES string of the molecule is Cn1c2ccncc2c2c(F)cc(-c3ccc(F)nc3)cc21. The fourth-order valence-electron chi connectivity index (χ4n) is 2.84. The summed E-state index contributed by atoms with van der Waals surface area (Å²) in [6.07, 6.45) is 4.75. The summed E-state index contributed by atoms with van der Waals surface area (Å²) in [6, 6.07) is 8.04. The lowest BCUT2D eigenvalue weighted by Crippen LogP contribution is -1.89. The van der Waals surface area contributed by atoms with Gasteiger partial charge in [0.05, 0.1) is 11.0 Å². The Morgan fingerprint density at radius 1 is 0.955 bits per heavy atom. The third-order valence-corrected chi connectivity index (χ3v) is 3.92. The first-order valence-corrected chi connectivity index (χ1v) is 6.79. The number of hydrogen-bond donors (Lipinski definition) is 0. The average Bonchev–Trinajstić information content (AvgIpc) is 2.82. The first-order chi connectivity index (χ1) is 10.6. The first-order valence-electron chi connectivity index (χ1n) is 6.79. The monoisotopic (exact) mass is 295 g/mol. The number of halogens is 2. The van der Waals surface area contributed by atoms with Gasteiger partial charge in [0.2, 0.25) is 5.95 Å². The Balaban J connectivity index is 2.06. The lowest BCUT2D eigenvalue weighted by Gasteiger charge is -2.04. The summed E-state index contributed by atoms with van der Waals surface area (Å²) in [5.41, 5.74) is 3.02. The van der Waals surface area contributed by atoms with E-state index in [1.54, 1.807) is 18.5 Å². The molecule has 5 heteroatoms. The van der Waals surface area contributed by atoms with Gasteiger partial charge in [0, 0.05) is 42.0 Å². The van der Waals surface area contributed by atoms with Crippen molar-refractivity contribution in [3.8, 4) is 11.1 Å². The van der Waals surface area contributed by atoms with E-state index in [-0.39, 0.29) is 5.82 Å². The molecule has 0 aliphatic heterocycles. The van der Waals surface area contributed by atoms with E-state index < -0.39 is 5.95 Å². The van der Waals surface area contributed by atoms with Crippen LogP contribution in [0.4, 0.5) is 8.78 Å². The zero-order valence-corrected chi connectivity index (χ0v) is 11.7. The van der Waals surface area contributed by atoms with Gasteiger partial charge in [0.15, 0.2) is 0 Å². The molecule has 4 rings (SSSR count). The molecule has 0 saturated carbocycles. The van der Waals surface area contributed by atoms with E-state index in [1.165, 1.54) is 18.3 Å². The lowest BCUT2D eigenvalue weighted by molar-refractivity contribution is 0.584. The molecule has 3 nitrogen and oxygen atoms in total. The quantitative estimate of drug-likeness (QED) is 0.496. The van der Waals surface area contributed by atoms with Gasteiger partial charge in [-0.05, 0) is 35.9 Å². The van der Waals surface area contributed by atoms with Gasteiger partial charge >= 0.3 is 0 Å². The fraction of sp³-hybridized carbons (Fsp3) is 0.0588. The molecule has 0 saturated heterocycles. The van der Waals surface area contributed by atoms with E-state index in [0.29, 0.717) is 16.5 Å². The van der Waals surface area contributed by atoms with Crippen LogP contribution in [0.2, 0.25) is 0 Å². The molecule has 3 heterocycles. The van der Waals surface area contributed by atoms with Crippen LogP contribution in [0.1, 0.15) is 0 Å². The predicted molar refractivity (Wildman–Crippen MR) is 81.4 cm³/mol. The minimum Gasteiger partial charge on any atom is -0.343 e. The Hall–Kier alpha value is -2.82. The molecular weight excluding hydrogens is 284 g/mol. The third-order valence-electron chi connectivity index (χ3n) is 3.92. The van der Waals surface area contributed by atoms with Gasteiger partial charge in [-0.1, -0.05) is 0 Å². The Bertz CT molecular complexity index is 1000. The van der Waals surface area contributed by atoms with Gasteiger partial charge < -0.3 is 4.57 Å². The standard InChI is InChI=1S/C17H11F2N3/c1-22-14-4-5-20-9-12(14)17-13(18)6-11(7-15(17)22)10-2-3-16(19)21-8-10/h2-9H,1H3. The van der Waals surface area contributed by atoms with Gasteiger partial charge in [-0.2, -0.15) is 4.39 Å². The second-order valence-corrected chi connectivity index (χ2v) is 5.17. The number of rotatable bonds is 1. The van der Waals surface area contributed by atoms with Crippen molar-refractivity contribution in [3.63, 3.8) is 0 Å². The summed E-state index contributed by atoms with van der Waals surface area (Å²) in [4.78, 5) is 7.70. The molecule has 22 heavy (non-hydrogen) atoms. The van der Waals surface area contributed by atoms with Crippen molar-refractivity contribution in [1.82, 2.24) is 14.5 Å². The maximum atomic E-state index is 14.6. The fourth-order valence-corrected chi connectivity index (χ4v) is 2.84. The van der Waals surface area contributed by atoms with Gasteiger partial charge in [0.1, 0.15) is 5.82 Å². The van der Waals surface area contributed by atoms with Crippen LogP contribution in [0, 0.1) is 11.8 Å². The molecule has 0 fully saturated rings. The predicted octanol–water partition coefficient (Wildman–Crippen LogP) is 4.07. The van der Waals surface area contributed by atoms with Gasteiger partial charge in [-0.25, -0.2) is 9.37 Å². The topological polar surface area (TPSA) is 30.7 Å². The Morgan fingerprint density at radius 2 is 1.82 bits per heavy atom.